The number of piperazine rings is 1. The standard InChI is InChI=1S/C29H30F5N3O2S/c1-17-20(14-21-22(29(32,33)34)7-5-8-23(21)30)28-37(18(16-40-28)15-36-12-10-35(2)11-13-36)27(38)25(17)19-6-4-9-24(39-3)26(19)31/h4-9,18H,10-16H2,1-3H3. The summed E-state index contributed by atoms with van der Waals surface area (Å²) in [5, 5.41) is 0.505. The van der Waals surface area contributed by atoms with E-state index in [0.717, 1.165) is 44.4 Å². The zero-order valence-corrected chi connectivity index (χ0v) is 23.3. The maximum Gasteiger partial charge on any atom is 0.416 e. The number of ether oxygens (including phenoxy) is 1. The molecule has 40 heavy (non-hydrogen) atoms. The lowest BCUT2D eigenvalue weighted by Gasteiger charge is -2.34. The van der Waals surface area contributed by atoms with Crippen LogP contribution < -0.4 is 10.3 Å². The van der Waals surface area contributed by atoms with Crippen molar-refractivity contribution < 1.29 is 26.7 Å². The second-order valence-corrected chi connectivity index (χ2v) is 11.3. The lowest BCUT2D eigenvalue weighted by molar-refractivity contribution is -0.138. The van der Waals surface area contributed by atoms with Crippen LogP contribution in [-0.4, -0.2) is 67.0 Å². The molecule has 5 nitrogen and oxygen atoms in total. The van der Waals surface area contributed by atoms with Crippen LogP contribution in [0, 0.1) is 18.6 Å². The van der Waals surface area contributed by atoms with Crippen LogP contribution in [0.5, 0.6) is 5.75 Å². The number of likely N-dealkylation sites (N-methyl/N-ethyl adjacent to an activating group) is 1. The number of pyridine rings is 1. The van der Waals surface area contributed by atoms with Crippen molar-refractivity contribution in [3.63, 3.8) is 0 Å². The molecule has 3 heterocycles. The number of aromatic nitrogens is 1. The highest BCUT2D eigenvalue weighted by Crippen LogP contribution is 2.42. The van der Waals surface area contributed by atoms with Crippen LogP contribution in [-0.2, 0) is 12.6 Å². The maximum atomic E-state index is 15.5. The van der Waals surface area contributed by atoms with Gasteiger partial charge in [-0.2, -0.15) is 13.2 Å². The predicted octanol–water partition coefficient (Wildman–Crippen LogP) is 5.61. The number of fused-ring (bicyclic) bond motifs is 1. The van der Waals surface area contributed by atoms with Gasteiger partial charge in [0, 0.05) is 56.0 Å². The largest absolute Gasteiger partial charge is 0.494 e. The third kappa shape index (κ3) is 5.26. The Balaban J connectivity index is 1.70. The Morgan fingerprint density at radius 3 is 2.40 bits per heavy atom. The summed E-state index contributed by atoms with van der Waals surface area (Å²) < 4.78 is 78.9. The Labute approximate surface area is 233 Å². The average Bonchev–Trinajstić information content (AvgIpc) is 3.32. The molecular weight excluding hydrogens is 549 g/mol. The summed E-state index contributed by atoms with van der Waals surface area (Å²) in [5.74, 6) is -1.24. The number of alkyl halides is 3. The Kier molecular flexibility index (Phi) is 8.00. The SMILES string of the molecule is COc1cccc(-c2c(C)c(Cc3c(F)cccc3C(F)(F)F)c3n(c2=O)C(CN2CCN(C)CC2)CS3)c1F. The van der Waals surface area contributed by atoms with Gasteiger partial charge in [0.25, 0.3) is 5.56 Å². The third-order valence-corrected chi connectivity index (χ3v) is 9.08. The van der Waals surface area contributed by atoms with Crippen LogP contribution in [0.15, 0.2) is 46.2 Å². The highest BCUT2D eigenvalue weighted by molar-refractivity contribution is 7.99. The van der Waals surface area contributed by atoms with Gasteiger partial charge in [-0.1, -0.05) is 18.2 Å². The highest BCUT2D eigenvalue weighted by Gasteiger charge is 2.37. The molecule has 1 atom stereocenters. The summed E-state index contributed by atoms with van der Waals surface area (Å²) in [5.41, 5.74) is -1.23. The van der Waals surface area contributed by atoms with Crippen LogP contribution in [0.4, 0.5) is 22.0 Å². The first-order chi connectivity index (χ1) is 19.0. The van der Waals surface area contributed by atoms with Crippen molar-refractivity contribution in [2.45, 2.75) is 30.6 Å². The molecule has 2 aliphatic rings. The molecule has 0 aliphatic carbocycles. The van der Waals surface area contributed by atoms with Gasteiger partial charge >= 0.3 is 6.18 Å². The summed E-state index contributed by atoms with van der Waals surface area (Å²) in [6, 6.07) is 7.07. The van der Waals surface area contributed by atoms with Gasteiger partial charge < -0.3 is 9.64 Å². The number of methoxy groups -OCH3 is 1. The van der Waals surface area contributed by atoms with Crippen molar-refractivity contribution in [2.24, 2.45) is 0 Å². The van der Waals surface area contributed by atoms with Crippen molar-refractivity contribution in [1.82, 2.24) is 14.4 Å². The second-order valence-electron chi connectivity index (χ2n) is 10.3. The van der Waals surface area contributed by atoms with Crippen LogP contribution in [0.25, 0.3) is 11.1 Å². The van der Waals surface area contributed by atoms with Gasteiger partial charge in [-0.25, -0.2) is 8.78 Å². The maximum absolute atomic E-state index is 15.5. The van der Waals surface area contributed by atoms with E-state index < -0.39 is 40.9 Å². The third-order valence-electron chi connectivity index (χ3n) is 7.81. The fourth-order valence-electron chi connectivity index (χ4n) is 5.60. The van der Waals surface area contributed by atoms with Crippen molar-refractivity contribution in [2.75, 3.05) is 52.6 Å². The first kappa shape index (κ1) is 28.6. The van der Waals surface area contributed by atoms with Gasteiger partial charge in [-0.3, -0.25) is 14.3 Å². The molecule has 2 aliphatic heterocycles. The molecule has 0 saturated carbocycles. The minimum atomic E-state index is -4.76. The fraction of sp³-hybridized carbons (Fsp3) is 0.414. The minimum absolute atomic E-state index is 0.00164. The molecule has 1 unspecified atom stereocenters. The minimum Gasteiger partial charge on any atom is -0.494 e. The quantitative estimate of drug-likeness (QED) is 0.355. The molecule has 0 amide bonds. The van der Waals surface area contributed by atoms with Gasteiger partial charge in [0.15, 0.2) is 11.6 Å². The van der Waals surface area contributed by atoms with Gasteiger partial charge in [-0.05, 0) is 43.3 Å². The molecule has 1 aromatic heterocycles. The number of halogens is 5. The molecule has 1 fully saturated rings. The average molecular weight is 580 g/mol. The number of rotatable bonds is 6. The Morgan fingerprint density at radius 2 is 1.73 bits per heavy atom. The van der Waals surface area contributed by atoms with E-state index >= 15 is 4.39 Å². The van der Waals surface area contributed by atoms with Crippen molar-refractivity contribution in [3.05, 3.63) is 80.6 Å². The first-order valence-electron chi connectivity index (χ1n) is 13.0. The predicted molar refractivity (Wildman–Crippen MR) is 145 cm³/mol. The molecule has 0 bridgehead atoms. The lowest BCUT2D eigenvalue weighted by Crippen LogP contribution is -2.47. The van der Waals surface area contributed by atoms with Crippen molar-refractivity contribution >= 4 is 11.8 Å². The summed E-state index contributed by atoms with van der Waals surface area (Å²) >= 11 is 1.38. The number of hydrogen-bond acceptors (Lipinski definition) is 5. The van der Waals surface area contributed by atoms with E-state index in [1.165, 1.54) is 31.0 Å². The zero-order valence-electron chi connectivity index (χ0n) is 22.4. The zero-order chi connectivity index (χ0) is 28.8. The summed E-state index contributed by atoms with van der Waals surface area (Å²) in [7, 11) is 3.36. The van der Waals surface area contributed by atoms with E-state index in [1.54, 1.807) is 17.6 Å². The van der Waals surface area contributed by atoms with Crippen LogP contribution in [0.3, 0.4) is 0 Å². The normalized spacial score (nSPS) is 18.2. The van der Waals surface area contributed by atoms with E-state index in [0.29, 0.717) is 28.5 Å². The van der Waals surface area contributed by atoms with Gasteiger partial charge in [0.1, 0.15) is 5.82 Å². The monoisotopic (exact) mass is 579 g/mol. The van der Waals surface area contributed by atoms with E-state index in [9.17, 15) is 22.4 Å². The molecule has 214 valence electrons. The van der Waals surface area contributed by atoms with Crippen molar-refractivity contribution in [1.29, 1.82) is 0 Å². The van der Waals surface area contributed by atoms with Gasteiger partial charge in [-0.15, -0.1) is 11.8 Å². The summed E-state index contributed by atoms with van der Waals surface area (Å²) in [6.07, 6.45) is -5.16. The van der Waals surface area contributed by atoms with Crippen molar-refractivity contribution in [3.8, 4) is 16.9 Å². The van der Waals surface area contributed by atoms with E-state index in [4.69, 9.17) is 4.74 Å². The van der Waals surface area contributed by atoms with Crippen LogP contribution >= 0.6 is 11.8 Å². The molecular formula is C29H30F5N3O2S. The number of thioether (sulfide) groups is 1. The molecule has 0 radical (unpaired) electrons. The molecule has 1 saturated heterocycles. The summed E-state index contributed by atoms with van der Waals surface area (Å²) in [6.45, 7) is 5.57. The topological polar surface area (TPSA) is 37.7 Å². The summed E-state index contributed by atoms with van der Waals surface area (Å²) in [4.78, 5) is 18.6. The Morgan fingerprint density at radius 1 is 1.02 bits per heavy atom. The number of nitrogens with zero attached hydrogens (tertiary/aromatic N) is 3. The number of benzene rings is 2. The van der Waals surface area contributed by atoms with E-state index in [1.807, 2.05) is 7.05 Å². The van der Waals surface area contributed by atoms with Gasteiger partial charge in [0.05, 0.1) is 29.3 Å². The molecule has 0 N–H and O–H groups in total. The van der Waals surface area contributed by atoms with Crippen LogP contribution in [0.1, 0.15) is 28.3 Å². The Bertz CT molecular complexity index is 1480. The molecule has 5 rings (SSSR count). The first-order valence-corrected chi connectivity index (χ1v) is 14.0. The van der Waals surface area contributed by atoms with E-state index in [-0.39, 0.29) is 22.9 Å². The van der Waals surface area contributed by atoms with Gasteiger partial charge in [0.2, 0.25) is 0 Å². The van der Waals surface area contributed by atoms with E-state index in [2.05, 4.69) is 9.80 Å². The molecule has 11 heteroatoms. The Hall–Kier alpha value is -2.89. The lowest BCUT2D eigenvalue weighted by atomic mass is 9.92. The smallest absolute Gasteiger partial charge is 0.416 e. The molecule has 2 aromatic carbocycles. The highest BCUT2D eigenvalue weighted by atomic mass is 32.2. The second kappa shape index (κ2) is 11.2. The molecule has 3 aromatic rings. The number of hydrogen-bond donors (Lipinski definition) is 0. The molecule has 0 spiro atoms. The van der Waals surface area contributed by atoms with Crippen LogP contribution in [0.2, 0.25) is 0 Å². The fourth-order valence-corrected chi connectivity index (χ4v) is 6.97.